The number of hydrogen-bond acceptors (Lipinski definition) is 4. The van der Waals surface area contributed by atoms with Crippen LogP contribution in [0.2, 0.25) is 0 Å². The average Bonchev–Trinajstić information content (AvgIpc) is 2.64. The van der Waals surface area contributed by atoms with E-state index in [4.69, 9.17) is 4.52 Å². The van der Waals surface area contributed by atoms with Crippen molar-refractivity contribution >= 4 is 0 Å². The molecular formula is C13H25N3O. The van der Waals surface area contributed by atoms with Crippen LogP contribution in [0.5, 0.6) is 0 Å². The first kappa shape index (κ1) is 14.2. The van der Waals surface area contributed by atoms with Crippen LogP contribution >= 0.6 is 0 Å². The van der Waals surface area contributed by atoms with Crippen LogP contribution in [0.25, 0.3) is 0 Å². The Labute approximate surface area is 104 Å². The predicted molar refractivity (Wildman–Crippen MR) is 68.9 cm³/mol. The lowest BCUT2D eigenvalue weighted by Gasteiger charge is -2.23. The number of nitrogens with one attached hydrogen (secondary N) is 1. The molecule has 0 radical (unpaired) electrons. The smallest absolute Gasteiger partial charge is 0.231 e. The summed E-state index contributed by atoms with van der Waals surface area (Å²) in [6.45, 7) is 10.8. The molecule has 0 spiro atoms. The van der Waals surface area contributed by atoms with E-state index in [9.17, 15) is 0 Å². The van der Waals surface area contributed by atoms with Gasteiger partial charge in [-0.15, -0.1) is 0 Å². The van der Waals surface area contributed by atoms with E-state index in [-0.39, 0.29) is 5.92 Å². The van der Waals surface area contributed by atoms with E-state index in [0.717, 1.165) is 18.1 Å². The van der Waals surface area contributed by atoms with E-state index < -0.39 is 0 Å². The van der Waals surface area contributed by atoms with Crippen molar-refractivity contribution in [3.63, 3.8) is 0 Å². The zero-order valence-electron chi connectivity index (χ0n) is 11.8. The first-order chi connectivity index (χ1) is 7.95. The van der Waals surface area contributed by atoms with Crippen molar-refractivity contribution in [3.05, 3.63) is 11.7 Å². The molecule has 0 saturated heterocycles. The molecule has 2 atom stereocenters. The lowest BCUT2D eigenvalue weighted by Crippen LogP contribution is -2.32. The number of hydrogen-bond donors (Lipinski definition) is 1. The maximum Gasteiger partial charge on any atom is 0.231 e. The molecule has 98 valence electrons. The minimum atomic E-state index is 0.272. The normalized spacial score (nSPS) is 15.5. The molecule has 2 unspecified atom stereocenters. The zero-order valence-corrected chi connectivity index (χ0v) is 11.8. The molecule has 1 aromatic heterocycles. The van der Waals surface area contributed by atoms with Crippen LogP contribution in [0.15, 0.2) is 4.52 Å². The number of rotatable bonds is 6. The third kappa shape index (κ3) is 3.80. The highest BCUT2D eigenvalue weighted by atomic mass is 16.5. The van der Waals surface area contributed by atoms with Gasteiger partial charge in [0.25, 0.3) is 0 Å². The molecule has 0 saturated carbocycles. The minimum absolute atomic E-state index is 0.272. The number of likely N-dealkylation sites (N-methyl/N-ethyl adjacent to an activating group) is 1. The molecule has 0 aliphatic carbocycles. The van der Waals surface area contributed by atoms with Crippen LogP contribution < -0.4 is 5.32 Å². The molecule has 0 aromatic carbocycles. The second kappa shape index (κ2) is 6.15. The van der Waals surface area contributed by atoms with Crippen molar-refractivity contribution in [2.45, 2.75) is 53.0 Å². The molecule has 1 rings (SSSR count). The second-order valence-electron chi connectivity index (χ2n) is 5.49. The Morgan fingerprint density at radius 2 is 1.82 bits per heavy atom. The van der Waals surface area contributed by atoms with E-state index in [0.29, 0.717) is 17.9 Å². The SMILES string of the molecule is CNC(C)C(c1nc(CC(C)C)no1)C(C)C. The molecule has 0 amide bonds. The summed E-state index contributed by atoms with van der Waals surface area (Å²) in [7, 11) is 1.96. The van der Waals surface area contributed by atoms with Crippen LogP contribution in [-0.4, -0.2) is 23.2 Å². The van der Waals surface area contributed by atoms with Crippen LogP contribution in [0.3, 0.4) is 0 Å². The lowest BCUT2D eigenvalue weighted by atomic mass is 9.89. The van der Waals surface area contributed by atoms with Gasteiger partial charge in [0.1, 0.15) is 0 Å². The van der Waals surface area contributed by atoms with Gasteiger partial charge in [-0.3, -0.25) is 0 Å². The van der Waals surface area contributed by atoms with Crippen molar-refractivity contribution in [2.24, 2.45) is 11.8 Å². The fourth-order valence-corrected chi connectivity index (χ4v) is 2.11. The van der Waals surface area contributed by atoms with E-state index in [1.165, 1.54) is 0 Å². The van der Waals surface area contributed by atoms with E-state index in [2.05, 4.69) is 50.1 Å². The largest absolute Gasteiger partial charge is 0.339 e. The van der Waals surface area contributed by atoms with Crippen molar-refractivity contribution in [3.8, 4) is 0 Å². The molecule has 0 bridgehead atoms. The molecule has 17 heavy (non-hydrogen) atoms. The molecule has 0 fully saturated rings. The van der Waals surface area contributed by atoms with Crippen molar-refractivity contribution in [1.82, 2.24) is 15.5 Å². The van der Waals surface area contributed by atoms with E-state index in [1.54, 1.807) is 0 Å². The van der Waals surface area contributed by atoms with Gasteiger partial charge in [0, 0.05) is 12.5 Å². The van der Waals surface area contributed by atoms with Crippen LogP contribution in [0.4, 0.5) is 0 Å². The van der Waals surface area contributed by atoms with Gasteiger partial charge in [-0.1, -0.05) is 32.9 Å². The first-order valence-electron chi connectivity index (χ1n) is 6.45. The maximum atomic E-state index is 5.41. The highest BCUT2D eigenvalue weighted by molar-refractivity contribution is 5.00. The summed E-state index contributed by atoms with van der Waals surface area (Å²) in [6, 6.07) is 0.336. The van der Waals surface area contributed by atoms with Gasteiger partial charge in [0.2, 0.25) is 5.89 Å². The first-order valence-corrected chi connectivity index (χ1v) is 6.45. The van der Waals surface area contributed by atoms with Gasteiger partial charge in [0.15, 0.2) is 5.82 Å². The molecule has 4 nitrogen and oxygen atoms in total. The van der Waals surface area contributed by atoms with Gasteiger partial charge in [-0.25, -0.2) is 0 Å². The van der Waals surface area contributed by atoms with E-state index >= 15 is 0 Å². The summed E-state index contributed by atoms with van der Waals surface area (Å²) < 4.78 is 5.41. The standard InChI is InChI=1S/C13H25N3O/c1-8(2)7-11-15-13(17-16-11)12(9(3)4)10(5)14-6/h8-10,12,14H,7H2,1-6H3. The molecule has 1 N–H and O–H groups in total. The van der Waals surface area contributed by atoms with Crippen LogP contribution in [0.1, 0.15) is 52.3 Å². The molecule has 4 heteroatoms. The predicted octanol–water partition coefficient (Wildman–Crippen LogP) is 2.62. The molecule has 1 aromatic rings. The summed E-state index contributed by atoms with van der Waals surface area (Å²) in [5.41, 5.74) is 0. The Bertz CT molecular complexity index is 333. The third-order valence-corrected chi connectivity index (χ3v) is 3.07. The van der Waals surface area contributed by atoms with Gasteiger partial charge in [0.05, 0.1) is 5.92 Å². The quantitative estimate of drug-likeness (QED) is 0.829. The highest BCUT2D eigenvalue weighted by Crippen LogP contribution is 2.26. The highest BCUT2D eigenvalue weighted by Gasteiger charge is 2.27. The van der Waals surface area contributed by atoms with Gasteiger partial charge in [-0.2, -0.15) is 4.98 Å². The monoisotopic (exact) mass is 239 g/mol. The van der Waals surface area contributed by atoms with Gasteiger partial charge < -0.3 is 9.84 Å². The fourth-order valence-electron chi connectivity index (χ4n) is 2.11. The van der Waals surface area contributed by atoms with Gasteiger partial charge >= 0.3 is 0 Å². The maximum absolute atomic E-state index is 5.41. The number of aromatic nitrogens is 2. The fraction of sp³-hybridized carbons (Fsp3) is 0.846. The molecule has 0 aliphatic rings. The van der Waals surface area contributed by atoms with Crippen molar-refractivity contribution in [2.75, 3.05) is 7.05 Å². The third-order valence-electron chi connectivity index (χ3n) is 3.07. The Morgan fingerprint density at radius 1 is 1.18 bits per heavy atom. The molecule has 0 aliphatic heterocycles. The van der Waals surface area contributed by atoms with E-state index in [1.807, 2.05) is 7.05 Å². The lowest BCUT2D eigenvalue weighted by molar-refractivity contribution is 0.284. The Hall–Kier alpha value is -0.900. The van der Waals surface area contributed by atoms with Crippen molar-refractivity contribution < 1.29 is 4.52 Å². The topological polar surface area (TPSA) is 51.0 Å². The summed E-state index contributed by atoms with van der Waals surface area (Å²) >= 11 is 0. The second-order valence-corrected chi connectivity index (χ2v) is 5.49. The van der Waals surface area contributed by atoms with Gasteiger partial charge in [-0.05, 0) is 25.8 Å². The summed E-state index contributed by atoms with van der Waals surface area (Å²) in [5, 5.41) is 7.33. The summed E-state index contributed by atoms with van der Waals surface area (Å²) in [5.74, 6) is 2.89. The van der Waals surface area contributed by atoms with Crippen LogP contribution in [0, 0.1) is 11.8 Å². The summed E-state index contributed by atoms with van der Waals surface area (Å²) in [4.78, 5) is 4.52. The minimum Gasteiger partial charge on any atom is -0.339 e. The van der Waals surface area contributed by atoms with Crippen LogP contribution in [-0.2, 0) is 6.42 Å². The summed E-state index contributed by atoms with van der Waals surface area (Å²) in [6.07, 6.45) is 0.877. The Balaban J connectivity index is 2.84. The Morgan fingerprint density at radius 3 is 2.29 bits per heavy atom. The Kier molecular flexibility index (Phi) is 5.12. The van der Waals surface area contributed by atoms with Crippen molar-refractivity contribution in [1.29, 1.82) is 0 Å². The molecular weight excluding hydrogens is 214 g/mol. The average molecular weight is 239 g/mol. The molecule has 1 heterocycles. The number of nitrogens with zero attached hydrogens (tertiary/aromatic N) is 2. The zero-order chi connectivity index (χ0) is 13.0.